The van der Waals surface area contributed by atoms with Gasteiger partial charge in [0.05, 0.1) is 22.6 Å². The molecule has 0 spiro atoms. The number of carbonyl (C=O) groups excluding carboxylic acids is 1. The first-order valence-corrected chi connectivity index (χ1v) is 9.47. The van der Waals surface area contributed by atoms with Crippen molar-refractivity contribution in [3.8, 4) is 5.69 Å². The maximum atomic E-state index is 13.5. The molecule has 0 saturated heterocycles. The molecular formula is C22H23F2N3O3. The molecule has 1 N–H and O–H groups in total. The number of nitrogens with one attached hydrogen (secondary N) is 1. The van der Waals surface area contributed by atoms with E-state index in [1.54, 1.807) is 58.0 Å². The summed E-state index contributed by atoms with van der Waals surface area (Å²) in [6.07, 6.45) is -3.50. The molecule has 6 nitrogen and oxygen atoms in total. The topological polar surface area (TPSA) is 73.2 Å². The monoisotopic (exact) mass is 415 g/mol. The first kappa shape index (κ1) is 21.4. The van der Waals surface area contributed by atoms with Crippen LogP contribution < -0.4 is 10.9 Å². The lowest BCUT2D eigenvalue weighted by Crippen LogP contribution is -2.37. The summed E-state index contributed by atoms with van der Waals surface area (Å²) >= 11 is 0. The van der Waals surface area contributed by atoms with E-state index in [0.29, 0.717) is 5.69 Å². The van der Waals surface area contributed by atoms with Crippen LogP contribution in [-0.2, 0) is 4.74 Å². The molecule has 1 atom stereocenters. The zero-order chi connectivity index (χ0) is 22.1. The van der Waals surface area contributed by atoms with E-state index in [2.05, 4.69) is 10.3 Å². The molecule has 158 valence electrons. The average Bonchev–Trinajstić information content (AvgIpc) is 2.66. The number of rotatable bonds is 4. The van der Waals surface area contributed by atoms with Gasteiger partial charge in [-0.1, -0.05) is 30.3 Å². The van der Waals surface area contributed by atoms with Gasteiger partial charge < -0.3 is 10.1 Å². The van der Waals surface area contributed by atoms with Gasteiger partial charge in [0.25, 0.3) is 12.0 Å². The minimum Gasteiger partial charge on any atom is -0.444 e. The van der Waals surface area contributed by atoms with Crippen LogP contribution in [0.1, 0.15) is 51.6 Å². The van der Waals surface area contributed by atoms with Crippen LogP contribution in [0.5, 0.6) is 0 Å². The second-order valence-electron chi connectivity index (χ2n) is 7.86. The van der Waals surface area contributed by atoms with Crippen LogP contribution in [-0.4, -0.2) is 21.2 Å². The summed E-state index contributed by atoms with van der Waals surface area (Å²) in [7, 11) is 0. The lowest BCUT2D eigenvalue weighted by molar-refractivity contribution is 0.0505. The van der Waals surface area contributed by atoms with Crippen LogP contribution in [0.4, 0.5) is 13.6 Å². The van der Waals surface area contributed by atoms with E-state index in [4.69, 9.17) is 4.74 Å². The molecule has 0 aliphatic rings. The minimum atomic E-state index is -2.80. The number of benzene rings is 2. The summed E-state index contributed by atoms with van der Waals surface area (Å²) < 4.78 is 33.7. The van der Waals surface area contributed by atoms with Gasteiger partial charge in [-0.15, -0.1) is 0 Å². The summed E-state index contributed by atoms with van der Waals surface area (Å²) in [6, 6.07) is 12.0. The van der Waals surface area contributed by atoms with Crippen molar-refractivity contribution in [1.82, 2.24) is 14.9 Å². The van der Waals surface area contributed by atoms with Crippen LogP contribution >= 0.6 is 0 Å². The van der Waals surface area contributed by atoms with E-state index in [0.717, 1.165) is 0 Å². The normalized spacial score (nSPS) is 12.8. The number of amides is 1. The zero-order valence-electron chi connectivity index (χ0n) is 17.1. The Hall–Kier alpha value is -3.29. The summed E-state index contributed by atoms with van der Waals surface area (Å²) in [4.78, 5) is 29.9. The van der Waals surface area contributed by atoms with Gasteiger partial charge in [0.2, 0.25) is 0 Å². The van der Waals surface area contributed by atoms with Gasteiger partial charge in [0.1, 0.15) is 11.4 Å². The lowest BCUT2D eigenvalue weighted by Gasteiger charge is -2.23. The number of hydrogen-bond acceptors (Lipinski definition) is 4. The first-order valence-electron chi connectivity index (χ1n) is 9.47. The number of alkyl halides is 2. The maximum absolute atomic E-state index is 13.5. The molecule has 0 bridgehead atoms. The highest BCUT2D eigenvalue weighted by Crippen LogP contribution is 2.27. The van der Waals surface area contributed by atoms with Gasteiger partial charge in [-0.2, -0.15) is 0 Å². The van der Waals surface area contributed by atoms with Crippen molar-refractivity contribution < 1.29 is 18.3 Å². The minimum absolute atomic E-state index is 0.0740. The second-order valence-corrected chi connectivity index (χ2v) is 7.86. The molecule has 0 aliphatic carbocycles. The number of fused-ring (bicyclic) bond motifs is 1. The zero-order valence-corrected chi connectivity index (χ0v) is 17.1. The molecule has 0 aliphatic heterocycles. The Balaban J connectivity index is 2.21. The number of ether oxygens (including phenoxy) is 1. The van der Waals surface area contributed by atoms with E-state index >= 15 is 0 Å². The van der Waals surface area contributed by atoms with Gasteiger partial charge in [-0.3, -0.25) is 9.36 Å². The van der Waals surface area contributed by atoms with E-state index in [1.165, 1.54) is 22.8 Å². The number of hydrogen-bond donors (Lipinski definition) is 1. The van der Waals surface area contributed by atoms with Crippen molar-refractivity contribution in [3.63, 3.8) is 0 Å². The van der Waals surface area contributed by atoms with Crippen molar-refractivity contribution >= 4 is 17.0 Å². The SMILES string of the molecule is CC(NC(=O)OC(C)(C)C)c1nc2c(C(F)F)cccc2c(=O)n1-c1ccccc1. The molecule has 1 unspecified atom stereocenters. The van der Waals surface area contributed by atoms with Gasteiger partial charge in [-0.25, -0.2) is 18.6 Å². The fraction of sp³-hybridized carbons (Fsp3) is 0.318. The summed E-state index contributed by atoms with van der Waals surface area (Å²) in [6.45, 7) is 6.78. The fourth-order valence-electron chi connectivity index (χ4n) is 3.09. The third-order valence-electron chi connectivity index (χ3n) is 4.33. The molecule has 30 heavy (non-hydrogen) atoms. The molecule has 1 aromatic heterocycles. The van der Waals surface area contributed by atoms with Crippen LogP contribution in [0, 0.1) is 0 Å². The van der Waals surface area contributed by atoms with Gasteiger partial charge in [0, 0.05) is 5.56 Å². The number of aromatic nitrogens is 2. The molecule has 0 saturated carbocycles. The molecule has 0 radical (unpaired) electrons. The first-order chi connectivity index (χ1) is 14.1. The van der Waals surface area contributed by atoms with Crippen molar-refractivity contribution in [1.29, 1.82) is 0 Å². The van der Waals surface area contributed by atoms with E-state index in [-0.39, 0.29) is 22.3 Å². The van der Waals surface area contributed by atoms with E-state index < -0.39 is 29.7 Å². The maximum Gasteiger partial charge on any atom is 0.408 e. The van der Waals surface area contributed by atoms with Gasteiger partial charge in [0.15, 0.2) is 0 Å². The van der Waals surface area contributed by atoms with Gasteiger partial charge >= 0.3 is 6.09 Å². The molecule has 2 aromatic carbocycles. The molecule has 0 fully saturated rings. The summed E-state index contributed by atoms with van der Waals surface area (Å²) in [5, 5.41) is 2.71. The second kappa shape index (κ2) is 8.22. The Morgan fingerprint density at radius 2 is 1.77 bits per heavy atom. The van der Waals surface area contributed by atoms with Crippen LogP contribution in [0.25, 0.3) is 16.6 Å². The summed E-state index contributed by atoms with van der Waals surface area (Å²) in [5.41, 5.74) is -1.13. The number of halogens is 2. The Morgan fingerprint density at radius 1 is 1.10 bits per heavy atom. The lowest BCUT2D eigenvalue weighted by atomic mass is 10.1. The number of nitrogens with zero attached hydrogens (tertiary/aromatic N) is 2. The van der Waals surface area contributed by atoms with Crippen molar-refractivity contribution in [3.05, 3.63) is 70.3 Å². The highest BCUT2D eigenvalue weighted by atomic mass is 19.3. The average molecular weight is 415 g/mol. The Labute approximate surface area is 172 Å². The largest absolute Gasteiger partial charge is 0.444 e. The molecule has 1 amide bonds. The number of carbonyl (C=O) groups is 1. The molecule has 3 aromatic rings. The van der Waals surface area contributed by atoms with Crippen LogP contribution in [0.3, 0.4) is 0 Å². The third-order valence-corrected chi connectivity index (χ3v) is 4.33. The summed E-state index contributed by atoms with van der Waals surface area (Å²) in [5.74, 6) is 0.123. The smallest absolute Gasteiger partial charge is 0.408 e. The van der Waals surface area contributed by atoms with Crippen LogP contribution in [0.15, 0.2) is 53.3 Å². The molecule has 3 rings (SSSR count). The predicted octanol–water partition coefficient (Wildman–Crippen LogP) is 4.91. The van der Waals surface area contributed by atoms with Gasteiger partial charge in [-0.05, 0) is 45.9 Å². The number of alkyl carbamates (subject to hydrolysis) is 1. The van der Waals surface area contributed by atoms with E-state index in [1.807, 2.05) is 0 Å². The van der Waals surface area contributed by atoms with E-state index in [9.17, 15) is 18.4 Å². The number of para-hydroxylation sites is 2. The Kier molecular flexibility index (Phi) is 5.87. The highest BCUT2D eigenvalue weighted by Gasteiger charge is 2.24. The van der Waals surface area contributed by atoms with Crippen molar-refractivity contribution in [2.24, 2.45) is 0 Å². The van der Waals surface area contributed by atoms with Crippen LogP contribution in [0.2, 0.25) is 0 Å². The predicted molar refractivity (Wildman–Crippen MR) is 110 cm³/mol. The van der Waals surface area contributed by atoms with Crippen molar-refractivity contribution in [2.75, 3.05) is 0 Å². The Bertz CT molecular complexity index is 1120. The Morgan fingerprint density at radius 3 is 2.37 bits per heavy atom. The third kappa shape index (κ3) is 4.48. The standard InChI is InChI=1S/C22H23F2N3O3/c1-13(25-21(29)30-22(2,3)4)19-26-17-15(18(23)24)11-8-12-16(17)20(28)27(19)14-9-6-5-7-10-14/h5-13,18H,1-4H3,(H,25,29). The molecule has 1 heterocycles. The quantitative estimate of drug-likeness (QED) is 0.657. The molecule has 8 heteroatoms. The highest BCUT2D eigenvalue weighted by molar-refractivity contribution is 5.82. The van der Waals surface area contributed by atoms with Crippen molar-refractivity contribution in [2.45, 2.75) is 45.8 Å². The molecular weight excluding hydrogens is 392 g/mol. The fourth-order valence-corrected chi connectivity index (χ4v) is 3.09.